The fourth-order valence-electron chi connectivity index (χ4n) is 4.11. The SMILES string of the molecule is CCCCC(C)C(=O)NC1CCN(C2=NS(=O)(=O)C(c3ccc(C)cc3)=C2C)CC1. The number of piperidine rings is 1. The van der Waals surface area contributed by atoms with E-state index in [0.29, 0.717) is 35.0 Å². The van der Waals surface area contributed by atoms with Crippen LogP contribution in [0.5, 0.6) is 0 Å². The van der Waals surface area contributed by atoms with Gasteiger partial charge in [-0.3, -0.25) is 4.79 Å². The van der Waals surface area contributed by atoms with E-state index in [1.54, 1.807) is 0 Å². The molecule has 2 aliphatic heterocycles. The number of unbranched alkanes of at least 4 members (excludes halogenated alkanes) is 1. The maximum absolute atomic E-state index is 12.8. The van der Waals surface area contributed by atoms with Gasteiger partial charge in [0.15, 0.2) is 0 Å². The third-order valence-corrected chi connectivity index (χ3v) is 7.50. The fraction of sp³-hybridized carbons (Fsp3) is 0.565. The fourth-order valence-corrected chi connectivity index (χ4v) is 5.59. The first-order valence-corrected chi connectivity index (χ1v) is 12.4. The number of likely N-dealkylation sites (tertiary alicyclic amines) is 1. The van der Waals surface area contributed by atoms with Gasteiger partial charge in [0.2, 0.25) is 5.91 Å². The Morgan fingerprint density at radius 1 is 1.20 bits per heavy atom. The van der Waals surface area contributed by atoms with E-state index >= 15 is 0 Å². The number of nitrogens with one attached hydrogen (secondary N) is 1. The Morgan fingerprint density at radius 3 is 2.43 bits per heavy atom. The van der Waals surface area contributed by atoms with Crippen molar-refractivity contribution < 1.29 is 13.2 Å². The predicted molar refractivity (Wildman–Crippen MR) is 122 cm³/mol. The molecule has 1 N–H and O–H groups in total. The maximum Gasteiger partial charge on any atom is 0.285 e. The van der Waals surface area contributed by atoms with E-state index in [9.17, 15) is 13.2 Å². The van der Waals surface area contributed by atoms with Crippen LogP contribution >= 0.6 is 0 Å². The van der Waals surface area contributed by atoms with Crippen molar-refractivity contribution in [1.29, 1.82) is 0 Å². The lowest BCUT2D eigenvalue weighted by molar-refractivity contribution is -0.125. The van der Waals surface area contributed by atoms with Gasteiger partial charge in [-0.1, -0.05) is 56.5 Å². The van der Waals surface area contributed by atoms with Crippen LogP contribution in [0.15, 0.2) is 34.2 Å². The molecule has 0 aliphatic carbocycles. The predicted octanol–water partition coefficient (Wildman–Crippen LogP) is 3.87. The number of amidine groups is 1. The van der Waals surface area contributed by atoms with Crippen LogP contribution in [0, 0.1) is 12.8 Å². The number of amides is 1. The summed E-state index contributed by atoms with van der Waals surface area (Å²) in [7, 11) is -3.70. The second kappa shape index (κ2) is 9.33. The van der Waals surface area contributed by atoms with E-state index in [-0.39, 0.29) is 17.9 Å². The third-order valence-electron chi connectivity index (χ3n) is 6.03. The average Bonchev–Trinajstić information content (AvgIpc) is 2.96. The van der Waals surface area contributed by atoms with Gasteiger partial charge in [0, 0.05) is 30.6 Å². The van der Waals surface area contributed by atoms with Gasteiger partial charge in [0.25, 0.3) is 10.0 Å². The Bertz CT molecular complexity index is 940. The second-order valence-corrected chi connectivity index (χ2v) is 10.1. The minimum atomic E-state index is -3.70. The van der Waals surface area contributed by atoms with Gasteiger partial charge in [0.1, 0.15) is 10.7 Å². The van der Waals surface area contributed by atoms with Crippen molar-refractivity contribution in [3.05, 3.63) is 41.0 Å². The summed E-state index contributed by atoms with van der Waals surface area (Å²) in [6, 6.07) is 7.65. The number of carbonyl (C=O) groups excluding carboxylic acids is 1. The van der Waals surface area contributed by atoms with Crippen molar-refractivity contribution in [2.75, 3.05) is 13.1 Å². The number of nitrogens with zero attached hydrogens (tertiary/aromatic N) is 2. The highest BCUT2D eigenvalue weighted by Gasteiger charge is 2.35. The Kier molecular flexibility index (Phi) is 7.01. The molecule has 30 heavy (non-hydrogen) atoms. The minimum absolute atomic E-state index is 0.0366. The van der Waals surface area contributed by atoms with Crippen molar-refractivity contribution in [2.24, 2.45) is 10.3 Å². The molecule has 1 amide bonds. The maximum atomic E-state index is 12.8. The molecule has 1 atom stereocenters. The standard InChI is InChI=1S/C23H33N3O3S/c1-5-6-7-17(3)23(27)24-20-12-14-26(15-13-20)22-18(4)21(30(28,29)25-22)19-10-8-16(2)9-11-19/h8-11,17,20H,5-7,12-15H2,1-4H3,(H,24,27). The van der Waals surface area contributed by atoms with Gasteiger partial charge in [-0.25, -0.2) is 0 Å². The molecule has 6 nitrogen and oxygen atoms in total. The van der Waals surface area contributed by atoms with Crippen LogP contribution in [0.25, 0.3) is 4.91 Å². The minimum Gasteiger partial charge on any atom is -0.356 e. The van der Waals surface area contributed by atoms with Crippen molar-refractivity contribution >= 4 is 26.7 Å². The van der Waals surface area contributed by atoms with Gasteiger partial charge in [-0.15, -0.1) is 4.40 Å². The second-order valence-electron chi connectivity index (χ2n) is 8.52. The highest BCUT2D eigenvalue weighted by molar-refractivity contribution is 8.00. The quantitative estimate of drug-likeness (QED) is 0.741. The van der Waals surface area contributed by atoms with Gasteiger partial charge in [-0.2, -0.15) is 8.42 Å². The van der Waals surface area contributed by atoms with Crippen LogP contribution in [0.4, 0.5) is 0 Å². The molecule has 1 aromatic rings. The van der Waals surface area contributed by atoms with E-state index in [2.05, 4.69) is 16.6 Å². The molecule has 1 unspecified atom stereocenters. The number of benzene rings is 1. The Labute approximate surface area is 180 Å². The summed E-state index contributed by atoms with van der Waals surface area (Å²) in [5.74, 6) is 0.710. The van der Waals surface area contributed by atoms with E-state index in [0.717, 1.165) is 37.7 Å². The van der Waals surface area contributed by atoms with E-state index in [1.807, 2.05) is 49.9 Å². The van der Waals surface area contributed by atoms with E-state index in [4.69, 9.17) is 0 Å². The number of hydrogen-bond donors (Lipinski definition) is 1. The molecule has 0 radical (unpaired) electrons. The molecule has 0 spiro atoms. The summed E-state index contributed by atoms with van der Waals surface area (Å²) in [5, 5.41) is 3.17. The molecule has 1 saturated heterocycles. The monoisotopic (exact) mass is 431 g/mol. The van der Waals surface area contributed by atoms with Crippen molar-refractivity contribution in [1.82, 2.24) is 10.2 Å². The first-order valence-electron chi connectivity index (χ1n) is 10.9. The van der Waals surface area contributed by atoms with Crippen LogP contribution in [0.2, 0.25) is 0 Å². The first-order chi connectivity index (χ1) is 14.2. The molecule has 7 heteroatoms. The zero-order chi connectivity index (χ0) is 21.9. The van der Waals surface area contributed by atoms with Gasteiger partial charge in [0.05, 0.1) is 0 Å². The van der Waals surface area contributed by atoms with Crippen LogP contribution in [-0.4, -0.2) is 44.2 Å². The average molecular weight is 432 g/mol. The first kappa shape index (κ1) is 22.5. The molecular formula is C23H33N3O3S. The zero-order valence-electron chi connectivity index (χ0n) is 18.4. The summed E-state index contributed by atoms with van der Waals surface area (Å²) >= 11 is 0. The van der Waals surface area contributed by atoms with Gasteiger partial charge < -0.3 is 10.2 Å². The normalized spacial score (nSPS) is 20.3. The third kappa shape index (κ3) is 4.94. The molecule has 2 aliphatic rings. The Morgan fingerprint density at radius 2 is 1.83 bits per heavy atom. The molecule has 0 saturated carbocycles. The summed E-state index contributed by atoms with van der Waals surface area (Å²) in [6.07, 6.45) is 4.66. The zero-order valence-corrected chi connectivity index (χ0v) is 19.3. The summed E-state index contributed by atoms with van der Waals surface area (Å²) in [6.45, 7) is 9.29. The highest BCUT2D eigenvalue weighted by Crippen LogP contribution is 2.34. The number of sulfonamides is 1. The van der Waals surface area contributed by atoms with Crippen molar-refractivity contribution in [3.8, 4) is 0 Å². The number of carbonyl (C=O) groups is 1. The lowest BCUT2D eigenvalue weighted by atomic mass is 10.00. The van der Waals surface area contributed by atoms with E-state index in [1.165, 1.54) is 0 Å². The number of hydrogen-bond acceptors (Lipinski definition) is 4. The molecule has 1 fully saturated rings. The lowest BCUT2D eigenvalue weighted by Gasteiger charge is -2.34. The largest absolute Gasteiger partial charge is 0.356 e. The summed E-state index contributed by atoms with van der Waals surface area (Å²) < 4.78 is 29.6. The Hall–Kier alpha value is -2.15. The smallest absolute Gasteiger partial charge is 0.285 e. The van der Waals surface area contributed by atoms with E-state index < -0.39 is 10.0 Å². The van der Waals surface area contributed by atoms with Crippen molar-refractivity contribution in [2.45, 2.75) is 65.8 Å². The molecule has 2 heterocycles. The molecule has 164 valence electrons. The molecular weight excluding hydrogens is 398 g/mol. The van der Waals surface area contributed by atoms with Crippen molar-refractivity contribution in [3.63, 3.8) is 0 Å². The topological polar surface area (TPSA) is 78.8 Å². The molecule has 0 aromatic heterocycles. The molecule has 1 aromatic carbocycles. The van der Waals surface area contributed by atoms with Crippen LogP contribution < -0.4 is 5.32 Å². The van der Waals surface area contributed by atoms with Gasteiger partial charge in [-0.05, 0) is 38.7 Å². The summed E-state index contributed by atoms with van der Waals surface area (Å²) in [4.78, 5) is 14.7. The van der Waals surface area contributed by atoms with Crippen LogP contribution in [0.1, 0.15) is 64.0 Å². The molecule has 0 bridgehead atoms. The Balaban J connectivity index is 1.65. The van der Waals surface area contributed by atoms with Crippen LogP contribution in [-0.2, 0) is 14.8 Å². The summed E-state index contributed by atoms with van der Waals surface area (Å²) in [5.41, 5.74) is 2.47. The lowest BCUT2D eigenvalue weighted by Crippen LogP contribution is -2.47. The van der Waals surface area contributed by atoms with Crippen LogP contribution in [0.3, 0.4) is 0 Å². The number of aryl methyl sites for hydroxylation is 1. The van der Waals surface area contributed by atoms with Gasteiger partial charge >= 0.3 is 0 Å². The number of rotatable bonds is 6. The highest BCUT2D eigenvalue weighted by atomic mass is 32.2. The molecule has 3 rings (SSSR count).